The fourth-order valence-corrected chi connectivity index (χ4v) is 4.95. The van der Waals surface area contributed by atoms with Gasteiger partial charge in [-0.25, -0.2) is 14.4 Å². The maximum atomic E-state index is 12.9. The summed E-state index contributed by atoms with van der Waals surface area (Å²) in [6, 6.07) is -0.873. The Bertz CT molecular complexity index is 1150. The van der Waals surface area contributed by atoms with E-state index in [2.05, 4.69) is 22.2 Å². The fraction of sp³-hybridized carbons (Fsp3) is 0.667. The van der Waals surface area contributed by atoms with E-state index in [-0.39, 0.29) is 11.4 Å². The quantitative estimate of drug-likeness (QED) is 0.182. The van der Waals surface area contributed by atoms with Crippen molar-refractivity contribution in [3.8, 4) is 0 Å². The Labute approximate surface area is 238 Å². The summed E-state index contributed by atoms with van der Waals surface area (Å²) in [5.74, 6) is -1.16. The van der Waals surface area contributed by atoms with E-state index in [1.807, 2.05) is 0 Å². The van der Waals surface area contributed by atoms with Crippen LogP contribution in [-0.2, 0) is 23.8 Å². The maximum Gasteiger partial charge on any atom is 0.413 e. The minimum Gasteiger partial charge on any atom is -0.461 e. The number of nitrogens with two attached hydrogens (primary N) is 1. The molecular formula is C27H41N5O9. The lowest BCUT2D eigenvalue weighted by atomic mass is 9.85. The Hall–Kier alpha value is -3.33. The van der Waals surface area contributed by atoms with Crippen molar-refractivity contribution >= 4 is 23.8 Å². The highest BCUT2D eigenvalue weighted by atomic mass is 16.6. The number of aliphatic hydroxyl groups is 2. The molecule has 41 heavy (non-hydrogen) atoms. The van der Waals surface area contributed by atoms with Gasteiger partial charge in [0.05, 0.1) is 18.8 Å². The molecule has 2 fully saturated rings. The van der Waals surface area contributed by atoms with Crippen LogP contribution in [0.3, 0.4) is 0 Å². The summed E-state index contributed by atoms with van der Waals surface area (Å²) in [6.45, 7) is 7.94. The lowest BCUT2D eigenvalue weighted by molar-refractivity contribution is -0.154. The topological polar surface area (TPSA) is 204 Å². The van der Waals surface area contributed by atoms with Crippen molar-refractivity contribution in [3.05, 3.63) is 34.9 Å². The van der Waals surface area contributed by atoms with Crippen molar-refractivity contribution in [1.29, 1.82) is 0 Å². The molecule has 0 bridgehead atoms. The first-order chi connectivity index (χ1) is 19.4. The normalized spacial score (nSPS) is 23.5. The van der Waals surface area contributed by atoms with Crippen molar-refractivity contribution in [3.63, 3.8) is 0 Å². The molecule has 1 aromatic heterocycles. The van der Waals surface area contributed by atoms with Gasteiger partial charge in [0.15, 0.2) is 12.3 Å². The fourth-order valence-electron chi connectivity index (χ4n) is 4.95. The molecule has 1 aliphatic heterocycles. The molecule has 0 unspecified atom stereocenters. The van der Waals surface area contributed by atoms with Crippen LogP contribution in [0.4, 0.5) is 10.6 Å². The van der Waals surface area contributed by atoms with Gasteiger partial charge in [-0.05, 0) is 39.2 Å². The Kier molecular flexibility index (Phi) is 11.4. The predicted molar refractivity (Wildman–Crippen MR) is 147 cm³/mol. The van der Waals surface area contributed by atoms with Gasteiger partial charge in [0.2, 0.25) is 5.91 Å². The van der Waals surface area contributed by atoms with Gasteiger partial charge in [-0.3, -0.25) is 14.7 Å². The highest BCUT2D eigenvalue weighted by molar-refractivity contribution is 5.88. The maximum absolute atomic E-state index is 12.9. The SMILES string of the molecule is C=C1[C@H](n2ccc(NC(=O)O[C@@H](C)[C@@H](NC(=O)[C@@H](N)CC3CCCCC3)C(=O)OC(C)C)nc2=O)O[C@H](CO)[C@H]1O. The molecule has 2 aliphatic rings. The number of anilines is 1. The van der Waals surface area contributed by atoms with E-state index in [9.17, 15) is 29.4 Å². The molecular weight excluding hydrogens is 538 g/mol. The van der Waals surface area contributed by atoms with Crippen LogP contribution in [0.5, 0.6) is 0 Å². The van der Waals surface area contributed by atoms with Crippen molar-refractivity contribution in [1.82, 2.24) is 14.9 Å². The lowest BCUT2D eigenvalue weighted by Crippen LogP contribution is -2.55. The minimum atomic E-state index is -1.33. The van der Waals surface area contributed by atoms with E-state index in [0.717, 1.165) is 30.3 Å². The van der Waals surface area contributed by atoms with E-state index in [1.54, 1.807) is 13.8 Å². The summed E-state index contributed by atoms with van der Waals surface area (Å²) in [5, 5.41) is 24.3. The summed E-state index contributed by atoms with van der Waals surface area (Å²) in [4.78, 5) is 54.6. The van der Waals surface area contributed by atoms with Crippen LogP contribution in [-0.4, -0.2) is 80.8 Å². The zero-order chi connectivity index (χ0) is 30.3. The Morgan fingerprint density at radius 1 is 1.22 bits per heavy atom. The van der Waals surface area contributed by atoms with Gasteiger partial charge in [-0.1, -0.05) is 38.7 Å². The number of hydrogen-bond acceptors (Lipinski definition) is 11. The second kappa shape index (κ2) is 14.5. The van der Waals surface area contributed by atoms with Gasteiger partial charge in [-0.15, -0.1) is 0 Å². The number of aromatic nitrogens is 2. The van der Waals surface area contributed by atoms with Crippen LogP contribution in [0.25, 0.3) is 0 Å². The highest BCUT2D eigenvalue weighted by Gasteiger charge is 2.39. The van der Waals surface area contributed by atoms with Crippen LogP contribution in [0, 0.1) is 5.92 Å². The van der Waals surface area contributed by atoms with Gasteiger partial charge in [0, 0.05) is 11.8 Å². The molecule has 6 atom stereocenters. The zero-order valence-corrected chi connectivity index (χ0v) is 23.7. The van der Waals surface area contributed by atoms with Gasteiger partial charge < -0.3 is 35.5 Å². The summed E-state index contributed by atoms with van der Waals surface area (Å²) in [6.07, 6.45) is 1.30. The Balaban J connectivity index is 1.63. The molecule has 1 saturated carbocycles. The Morgan fingerprint density at radius 3 is 2.49 bits per heavy atom. The number of esters is 1. The number of rotatable bonds is 11. The lowest BCUT2D eigenvalue weighted by Gasteiger charge is -2.27. The van der Waals surface area contributed by atoms with Crippen LogP contribution in [0.1, 0.15) is 65.5 Å². The third-order valence-electron chi connectivity index (χ3n) is 7.16. The highest BCUT2D eigenvalue weighted by Crippen LogP contribution is 2.32. The average molecular weight is 580 g/mol. The molecule has 1 saturated heterocycles. The van der Waals surface area contributed by atoms with Crippen molar-refractivity contribution in [2.45, 2.75) is 102 Å². The number of nitrogens with zero attached hydrogens (tertiary/aromatic N) is 2. The molecule has 6 N–H and O–H groups in total. The number of carbonyl (C=O) groups is 3. The molecule has 0 spiro atoms. The molecule has 228 valence electrons. The molecule has 3 rings (SSSR count). The van der Waals surface area contributed by atoms with Gasteiger partial charge in [0.25, 0.3) is 0 Å². The first-order valence-electron chi connectivity index (χ1n) is 13.9. The summed E-state index contributed by atoms with van der Waals surface area (Å²) < 4.78 is 17.1. The number of amides is 2. The van der Waals surface area contributed by atoms with E-state index in [4.69, 9.17) is 19.9 Å². The largest absolute Gasteiger partial charge is 0.461 e. The van der Waals surface area contributed by atoms with E-state index < -0.39 is 73.0 Å². The van der Waals surface area contributed by atoms with Crippen molar-refractivity contribution in [2.24, 2.45) is 11.7 Å². The summed E-state index contributed by atoms with van der Waals surface area (Å²) in [7, 11) is 0. The monoisotopic (exact) mass is 579 g/mol. The third kappa shape index (κ3) is 8.58. The number of nitrogens with one attached hydrogen (secondary N) is 2. The molecule has 0 radical (unpaired) electrons. The van der Waals surface area contributed by atoms with E-state index >= 15 is 0 Å². The third-order valence-corrected chi connectivity index (χ3v) is 7.16. The van der Waals surface area contributed by atoms with Crippen LogP contribution in [0.15, 0.2) is 29.2 Å². The standard InChI is InChI=1S/C27H41N5O9/c1-14(2)39-25(36)21(31-23(35)18(28)12-17-8-6-5-7-9-17)16(4)40-27(38)30-20-10-11-32(26(37)29-20)24-15(3)22(34)19(13-33)41-24/h10-11,14,16-19,21-22,24,33-34H,3,5-9,12-13,28H2,1-2,4H3,(H,31,35)(H,29,30,37,38)/t16-,18-,19+,21+,22-,24+/m0/s1. The van der Waals surface area contributed by atoms with Crippen LogP contribution < -0.4 is 22.1 Å². The number of hydrogen-bond donors (Lipinski definition) is 5. The van der Waals surface area contributed by atoms with Crippen LogP contribution in [0.2, 0.25) is 0 Å². The summed E-state index contributed by atoms with van der Waals surface area (Å²) >= 11 is 0. The number of carbonyl (C=O) groups excluding carboxylic acids is 3. The molecule has 14 nitrogen and oxygen atoms in total. The molecule has 2 amide bonds. The minimum absolute atomic E-state index is 0.161. The Morgan fingerprint density at radius 2 is 1.90 bits per heavy atom. The average Bonchev–Trinajstić information content (AvgIpc) is 3.20. The molecule has 1 aromatic rings. The van der Waals surface area contributed by atoms with Crippen LogP contribution >= 0.6 is 0 Å². The molecule has 0 aromatic carbocycles. The first-order valence-corrected chi connectivity index (χ1v) is 13.9. The molecule has 2 heterocycles. The zero-order valence-electron chi connectivity index (χ0n) is 23.7. The second-order valence-electron chi connectivity index (χ2n) is 10.8. The van der Waals surface area contributed by atoms with E-state index in [1.165, 1.54) is 25.6 Å². The first kappa shape index (κ1) is 32.2. The predicted octanol–water partition coefficient (Wildman–Crippen LogP) is 0.721. The molecule has 1 aliphatic carbocycles. The van der Waals surface area contributed by atoms with Gasteiger partial charge >= 0.3 is 17.8 Å². The number of ether oxygens (including phenoxy) is 3. The van der Waals surface area contributed by atoms with E-state index in [0.29, 0.717) is 12.3 Å². The second-order valence-corrected chi connectivity index (χ2v) is 10.8. The molecule has 14 heteroatoms. The van der Waals surface area contributed by atoms with Gasteiger partial charge in [0.1, 0.15) is 24.1 Å². The van der Waals surface area contributed by atoms with Gasteiger partial charge in [-0.2, -0.15) is 4.98 Å². The van der Waals surface area contributed by atoms with Crippen molar-refractivity contribution in [2.75, 3.05) is 11.9 Å². The smallest absolute Gasteiger partial charge is 0.413 e. The van der Waals surface area contributed by atoms with Crippen molar-refractivity contribution < 1.29 is 38.8 Å². The summed E-state index contributed by atoms with van der Waals surface area (Å²) in [5.41, 5.74) is 5.48. The number of aliphatic hydroxyl groups excluding tert-OH is 2.